The van der Waals surface area contributed by atoms with Gasteiger partial charge in [0.1, 0.15) is 12.6 Å². The van der Waals surface area contributed by atoms with Gasteiger partial charge >= 0.3 is 5.97 Å². The van der Waals surface area contributed by atoms with Gasteiger partial charge in [-0.25, -0.2) is 4.79 Å². The normalized spacial score (nSPS) is 21.5. The number of aromatic amines is 1. The number of nitrogens with one attached hydrogen (secondary N) is 1. The van der Waals surface area contributed by atoms with E-state index in [1.54, 1.807) is 6.20 Å². The SMILES string of the molecule is C[N+]1(C)CCCCCC1COC(=O)c1c[nH]c2ccccc12. The second-order valence-electron chi connectivity index (χ2n) is 6.85. The van der Waals surface area contributed by atoms with Crippen molar-refractivity contribution >= 4 is 16.9 Å². The summed E-state index contributed by atoms with van der Waals surface area (Å²) in [5.74, 6) is -0.221. The van der Waals surface area contributed by atoms with Crippen molar-refractivity contribution in [1.82, 2.24) is 4.98 Å². The molecule has 1 aromatic carbocycles. The minimum Gasteiger partial charge on any atom is -0.456 e. The molecule has 1 aliphatic heterocycles. The topological polar surface area (TPSA) is 42.1 Å². The van der Waals surface area contributed by atoms with Crippen molar-refractivity contribution in [3.8, 4) is 0 Å². The van der Waals surface area contributed by atoms with Gasteiger partial charge in [0, 0.05) is 23.5 Å². The molecule has 0 spiro atoms. The average molecular weight is 301 g/mol. The quantitative estimate of drug-likeness (QED) is 0.698. The highest BCUT2D eigenvalue weighted by molar-refractivity contribution is 6.03. The second kappa shape index (κ2) is 6.13. The molecule has 0 aliphatic carbocycles. The average Bonchev–Trinajstić information content (AvgIpc) is 2.85. The number of benzene rings is 1. The summed E-state index contributed by atoms with van der Waals surface area (Å²) >= 11 is 0. The Bertz CT molecular complexity index is 660. The maximum Gasteiger partial charge on any atom is 0.340 e. The lowest BCUT2D eigenvalue weighted by atomic mass is 10.1. The number of esters is 1. The summed E-state index contributed by atoms with van der Waals surface area (Å²) in [6.07, 6.45) is 6.67. The third-order valence-corrected chi connectivity index (χ3v) is 4.98. The van der Waals surface area contributed by atoms with E-state index >= 15 is 0 Å². The lowest BCUT2D eigenvalue weighted by molar-refractivity contribution is -0.914. The Morgan fingerprint density at radius 2 is 2.09 bits per heavy atom. The summed E-state index contributed by atoms with van der Waals surface area (Å²) in [6, 6.07) is 8.22. The fraction of sp³-hybridized carbons (Fsp3) is 0.500. The van der Waals surface area contributed by atoms with Crippen LogP contribution in [0.2, 0.25) is 0 Å². The zero-order valence-electron chi connectivity index (χ0n) is 13.5. The molecule has 118 valence electrons. The summed E-state index contributed by atoms with van der Waals surface area (Å²) in [5, 5.41) is 0.933. The van der Waals surface area contributed by atoms with Crippen LogP contribution in [0.25, 0.3) is 10.9 Å². The van der Waals surface area contributed by atoms with Gasteiger partial charge in [0.25, 0.3) is 0 Å². The van der Waals surface area contributed by atoms with Gasteiger partial charge in [0.05, 0.1) is 26.2 Å². The smallest absolute Gasteiger partial charge is 0.340 e. The van der Waals surface area contributed by atoms with Gasteiger partial charge in [-0.1, -0.05) is 18.2 Å². The number of ether oxygens (including phenoxy) is 1. The maximum atomic E-state index is 12.4. The van der Waals surface area contributed by atoms with Gasteiger partial charge in [-0.05, 0) is 25.3 Å². The molecule has 2 heterocycles. The first-order chi connectivity index (χ1) is 10.6. The predicted molar refractivity (Wildman–Crippen MR) is 87.8 cm³/mol. The molecule has 0 amide bonds. The Labute approximate surface area is 131 Å². The number of rotatable bonds is 3. The van der Waals surface area contributed by atoms with Crippen LogP contribution in [0.1, 0.15) is 36.0 Å². The Hall–Kier alpha value is -1.81. The highest BCUT2D eigenvalue weighted by Gasteiger charge is 2.31. The Morgan fingerprint density at radius 3 is 2.95 bits per heavy atom. The van der Waals surface area contributed by atoms with Crippen molar-refractivity contribution < 1.29 is 14.0 Å². The van der Waals surface area contributed by atoms with E-state index in [0.29, 0.717) is 18.2 Å². The first-order valence-electron chi connectivity index (χ1n) is 8.14. The Kier molecular flexibility index (Phi) is 4.21. The molecule has 1 aliphatic rings. The number of carbonyl (C=O) groups is 1. The molecular formula is C18H25N2O2+. The molecule has 1 atom stereocenters. The van der Waals surface area contributed by atoms with Crippen LogP contribution in [-0.2, 0) is 4.74 Å². The van der Waals surface area contributed by atoms with Crippen LogP contribution in [0.4, 0.5) is 0 Å². The monoisotopic (exact) mass is 301 g/mol. The van der Waals surface area contributed by atoms with Gasteiger partial charge < -0.3 is 14.2 Å². The fourth-order valence-electron chi connectivity index (χ4n) is 3.38. The number of aromatic nitrogens is 1. The molecule has 1 unspecified atom stereocenters. The summed E-state index contributed by atoms with van der Waals surface area (Å²) in [4.78, 5) is 15.5. The number of H-pyrrole nitrogens is 1. The minimum atomic E-state index is -0.221. The molecule has 4 heteroatoms. The predicted octanol–water partition coefficient (Wildman–Crippen LogP) is 3.34. The number of quaternary nitrogens is 1. The van der Waals surface area contributed by atoms with Crippen molar-refractivity contribution in [3.63, 3.8) is 0 Å². The van der Waals surface area contributed by atoms with Crippen LogP contribution >= 0.6 is 0 Å². The van der Waals surface area contributed by atoms with Crippen LogP contribution in [0, 0.1) is 0 Å². The maximum absolute atomic E-state index is 12.4. The first-order valence-corrected chi connectivity index (χ1v) is 8.14. The standard InChI is InChI=1S/C18H24N2O2/c1-20(2)11-7-3-4-8-14(20)13-22-18(21)16-12-19-17-10-6-5-9-15(16)17/h5-6,9-10,12,14H,3-4,7-8,11,13H2,1-2H3/p+1. The zero-order valence-corrected chi connectivity index (χ0v) is 13.5. The molecule has 1 aromatic heterocycles. The number of hydrogen-bond acceptors (Lipinski definition) is 2. The van der Waals surface area contributed by atoms with Crippen LogP contribution in [0.15, 0.2) is 30.5 Å². The largest absolute Gasteiger partial charge is 0.456 e. The van der Waals surface area contributed by atoms with E-state index in [1.165, 1.54) is 19.3 Å². The summed E-state index contributed by atoms with van der Waals surface area (Å²) in [6.45, 7) is 1.67. The van der Waals surface area contributed by atoms with Crippen LogP contribution in [0.5, 0.6) is 0 Å². The van der Waals surface area contributed by atoms with E-state index < -0.39 is 0 Å². The van der Waals surface area contributed by atoms with E-state index in [-0.39, 0.29) is 5.97 Å². The molecule has 4 nitrogen and oxygen atoms in total. The number of carbonyl (C=O) groups excluding carboxylic acids is 1. The molecule has 2 aromatic rings. The van der Waals surface area contributed by atoms with Crippen molar-refractivity contribution in [1.29, 1.82) is 0 Å². The molecule has 0 radical (unpaired) electrons. The van der Waals surface area contributed by atoms with Gasteiger partial charge in [-0.15, -0.1) is 0 Å². The van der Waals surface area contributed by atoms with Crippen molar-refractivity contribution in [2.75, 3.05) is 27.2 Å². The second-order valence-corrected chi connectivity index (χ2v) is 6.85. The number of likely N-dealkylation sites (tertiary alicyclic amines) is 1. The summed E-state index contributed by atoms with van der Waals surface area (Å²) in [7, 11) is 4.49. The first kappa shape index (κ1) is 15.1. The molecule has 1 fully saturated rings. The molecule has 0 saturated carbocycles. The van der Waals surface area contributed by atoms with Crippen molar-refractivity contribution in [2.45, 2.75) is 31.7 Å². The molecule has 3 rings (SSSR count). The number of nitrogens with zero attached hydrogens (tertiary/aromatic N) is 1. The van der Waals surface area contributed by atoms with E-state index in [0.717, 1.165) is 28.4 Å². The van der Waals surface area contributed by atoms with E-state index in [4.69, 9.17) is 4.74 Å². The van der Waals surface area contributed by atoms with Crippen LogP contribution < -0.4 is 0 Å². The lowest BCUT2D eigenvalue weighted by Gasteiger charge is -2.36. The molecule has 22 heavy (non-hydrogen) atoms. The van der Waals surface area contributed by atoms with Crippen LogP contribution in [-0.4, -0.2) is 48.7 Å². The zero-order chi connectivity index (χ0) is 15.6. The van der Waals surface area contributed by atoms with Gasteiger partial charge in [0.15, 0.2) is 0 Å². The van der Waals surface area contributed by atoms with E-state index in [1.807, 2.05) is 24.3 Å². The third kappa shape index (κ3) is 3.02. The summed E-state index contributed by atoms with van der Waals surface area (Å²) < 4.78 is 6.60. The lowest BCUT2D eigenvalue weighted by Crippen LogP contribution is -2.50. The van der Waals surface area contributed by atoms with Gasteiger partial charge in [-0.2, -0.15) is 0 Å². The Morgan fingerprint density at radius 1 is 1.27 bits per heavy atom. The highest BCUT2D eigenvalue weighted by atomic mass is 16.5. The number of hydrogen-bond donors (Lipinski definition) is 1. The van der Waals surface area contributed by atoms with Gasteiger partial charge in [-0.3, -0.25) is 0 Å². The van der Waals surface area contributed by atoms with Crippen molar-refractivity contribution in [2.24, 2.45) is 0 Å². The van der Waals surface area contributed by atoms with E-state index in [9.17, 15) is 4.79 Å². The Balaban J connectivity index is 1.69. The fourth-order valence-corrected chi connectivity index (χ4v) is 3.38. The van der Waals surface area contributed by atoms with Crippen molar-refractivity contribution in [3.05, 3.63) is 36.0 Å². The van der Waals surface area contributed by atoms with Crippen LogP contribution in [0.3, 0.4) is 0 Å². The van der Waals surface area contributed by atoms with Gasteiger partial charge in [0.2, 0.25) is 0 Å². The number of para-hydroxylation sites is 1. The number of likely N-dealkylation sites (N-methyl/N-ethyl adjacent to an activating group) is 1. The third-order valence-electron chi connectivity index (χ3n) is 4.98. The molecule has 1 saturated heterocycles. The minimum absolute atomic E-state index is 0.221. The summed E-state index contributed by atoms with van der Waals surface area (Å²) in [5.41, 5.74) is 1.61. The molecule has 0 bridgehead atoms. The molecule has 1 N–H and O–H groups in total. The number of fused-ring (bicyclic) bond motifs is 1. The highest BCUT2D eigenvalue weighted by Crippen LogP contribution is 2.23. The molecular weight excluding hydrogens is 276 g/mol. The van der Waals surface area contributed by atoms with E-state index in [2.05, 4.69) is 19.1 Å².